The van der Waals surface area contributed by atoms with Crippen LogP contribution in [-0.2, 0) is 14.3 Å². The largest absolute Gasteiger partial charge is 0.475 e. The van der Waals surface area contributed by atoms with Gasteiger partial charge in [0.1, 0.15) is 6.10 Å². The van der Waals surface area contributed by atoms with Gasteiger partial charge in [-0.15, -0.1) is 0 Å². The van der Waals surface area contributed by atoms with Crippen molar-refractivity contribution in [2.75, 3.05) is 7.11 Å². The van der Waals surface area contributed by atoms with Gasteiger partial charge in [-0.2, -0.15) is 0 Å². The lowest BCUT2D eigenvalue weighted by molar-refractivity contribution is -0.143. The zero-order valence-corrected chi connectivity index (χ0v) is 10.8. The molecule has 4 nitrogen and oxygen atoms in total. The van der Waals surface area contributed by atoms with Crippen molar-refractivity contribution in [3.63, 3.8) is 0 Å². The van der Waals surface area contributed by atoms with Crippen LogP contribution >= 0.6 is 0 Å². The molecule has 1 aliphatic heterocycles. The Hall–Kier alpha value is -1.06. The van der Waals surface area contributed by atoms with Crippen LogP contribution in [0.15, 0.2) is 4.99 Å². The summed E-state index contributed by atoms with van der Waals surface area (Å²) in [6, 6.07) is -0.464. The first kappa shape index (κ1) is 12.4. The van der Waals surface area contributed by atoms with Gasteiger partial charge in [-0.25, -0.2) is 9.79 Å². The zero-order chi connectivity index (χ0) is 12.4. The third-order valence-corrected chi connectivity index (χ3v) is 3.83. The molecular weight excluding hydrogens is 218 g/mol. The second kappa shape index (κ2) is 5.07. The van der Waals surface area contributed by atoms with Crippen LogP contribution in [0, 0.1) is 11.8 Å². The van der Waals surface area contributed by atoms with Gasteiger partial charge in [0.25, 0.3) is 0 Å². The molecule has 0 N–H and O–H groups in total. The fraction of sp³-hybridized carbons (Fsp3) is 0.846. The standard InChI is InChI=1S/C13H21NO3/c1-8-4-6-10(7-5-8)12-14-11(9(2)17-12)13(15)16-3/h8-11H,4-7H2,1-3H3. The number of nitrogens with zero attached hydrogens (tertiary/aromatic N) is 1. The Morgan fingerprint density at radius 3 is 2.53 bits per heavy atom. The van der Waals surface area contributed by atoms with E-state index in [0.29, 0.717) is 5.92 Å². The quantitative estimate of drug-likeness (QED) is 0.694. The van der Waals surface area contributed by atoms with Crippen molar-refractivity contribution in [2.24, 2.45) is 16.8 Å². The Labute approximate surface area is 102 Å². The first-order valence-electron chi connectivity index (χ1n) is 6.44. The van der Waals surface area contributed by atoms with Crippen molar-refractivity contribution >= 4 is 11.9 Å². The number of ether oxygens (including phenoxy) is 2. The molecule has 1 saturated carbocycles. The van der Waals surface area contributed by atoms with Crippen LogP contribution < -0.4 is 0 Å². The fourth-order valence-corrected chi connectivity index (χ4v) is 2.60. The van der Waals surface area contributed by atoms with Gasteiger partial charge in [-0.05, 0) is 38.5 Å². The molecule has 1 heterocycles. The second-order valence-electron chi connectivity index (χ2n) is 5.22. The number of carbonyl (C=O) groups excluding carboxylic acids is 1. The molecule has 2 rings (SSSR count). The van der Waals surface area contributed by atoms with Crippen molar-refractivity contribution in [3.05, 3.63) is 0 Å². The smallest absolute Gasteiger partial charge is 0.334 e. The molecule has 1 fully saturated rings. The zero-order valence-electron chi connectivity index (χ0n) is 10.8. The van der Waals surface area contributed by atoms with Gasteiger partial charge in [0.2, 0.25) is 0 Å². The molecule has 17 heavy (non-hydrogen) atoms. The molecule has 0 spiro atoms. The summed E-state index contributed by atoms with van der Waals surface area (Å²) in [7, 11) is 1.39. The lowest BCUT2D eigenvalue weighted by atomic mass is 9.83. The number of hydrogen-bond acceptors (Lipinski definition) is 4. The number of methoxy groups -OCH3 is 1. The van der Waals surface area contributed by atoms with E-state index in [0.717, 1.165) is 24.7 Å². The Morgan fingerprint density at radius 2 is 1.94 bits per heavy atom. The first-order valence-corrected chi connectivity index (χ1v) is 6.44. The minimum absolute atomic E-state index is 0.184. The van der Waals surface area contributed by atoms with E-state index >= 15 is 0 Å². The molecule has 4 heteroatoms. The molecule has 0 aromatic carbocycles. The monoisotopic (exact) mass is 239 g/mol. The van der Waals surface area contributed by atoms with E-state index in [4.69, 9.17) is 9.47 Å². The fourth-order valence-electron chi connectivity index (χ4n) is 2.60. The number of esters is 1. The summed E-state index contributed by atoms with van der Waals surface area (Å²) >= 11 is 0. The number of hydrogen-bond donors (Lipinski definition) is 0. The van der Waals surface area contributed by atoms with Crippen LogP contribution in [0.2, 0.25) is 0 Å². The van der Waals surface area contributed by atoms with Crippen molar-refractivity contribution in [2.45, 2.75) is 51.7 Å². The number of aliphatic imine (C=N–C) groups is 1. The van der Waals surface area contributed by atoms with Gasteiger partial charge < -0.3 is 9.47 Å². The molecule has 1 aliphatic carbocycles. The van der Waals surface area contributed by atoms with E-state index in [1.807, 2.05) is 6.92 Å². The van der Waals surface area contributed by atoms with E-state index in [1.54, 1.807) is 0 Å². The molecule has 0 saturated heterocycles. The van der Waals surface area contributed by atoms with Gasteiger partial charge in [-0.1, -0.05) is 6.92 Å². The number of carbonyl (C=O) groups is 1. The molecule has 0 aromatic heterocycles. The van der Waals surface area contributed by atoms with Crippen molar-refractivity contribution < 1.29 is 14.3 Å². The minimum atomic E-state index is -0.464. The van der Waals surface area contributed by atoms with E-state index in [1.165, 1.54) is 20.0 Å². The maximum atomic E-state index is 11.5. The lowest BCUT2D eigenvalue weighted by Gasteiger charge is -2.25. The third kappa shape index (κ3) is 2.61. The average Bonchev–Trinajstić information content (AvgIpc) is 2.71. The van der Waals surface area contributed by atoms with Gasteiger partial charge in [0.05, 0.1) is 7.11 Å². The molecule has 2 atom stereocenters. The van der Waals surface area contributed by atoms with Gasteiger partial charge >= 0.3 is 5.97 Å². The van der Waals surface area contributed by atoms with E-state index in [-0.39, 0.29) is 12.1 Å². The highest BCUT2D eigenvalue weighted by atomic mass is 16.5. The Bertz CT molecular complexity index is 319. The molecular formula is C13H21NO3. The highest BCUT2D eigenvalue weighted by Gasteiger charge is 2.37. The molecule has 0 bridgehead atoms. The first-order chi connectivity index (χ1) is 8.11. The molecule has 2 unspecified atom stereocenters. The van der Waals surface area contributed by atoms with Crippen LogP contribution in [0.1, 0.15) is 39.5 Å². The summed E-state index contributed by atoms with van der Waals surface area (Å²) in [6.45, 7) is 4.16. The Kier molecular flexibility index (Phi) is 3.69. The van der Waals surface area contributed by atoms with E-state index < -0.39 is 6.04 Å². The molecule has 0 aromatic rings. The van der Waals surface area contributed by atoms with Crippen LogP contribution in [0.5, 0.6) is 0 Å². The molecule has 0 amide bonds. The van der Waals surface area contributed by atoms with Crippen LogP contribution in [0.3, 0.4) is 0 Å². The number of rotatable bonds is 2. The molecule has 2 aliphatic rings. The molecule has 0 radical (unpaired) electrons. The average molecular weight is 239 g/mol. The van der Waals surface area contributed by atoms with Crippen molar-refractivity contribution in [3.8, 4) is 0 Å². The Balaban J connectivity index is 2.00. The predicted molar refractivity (Wildman–Crippen MR) is 64.9 cm³/mol. The summed E-state index contributed by atoms with van der Waals surface area (Å²) in [5, 5.41) is 0. The second-order valence-corrected chi connectivity index (χ2v) is 5.22. The van der Waals surface area contributed by atoms with Crippen LogP contribution in [0.4, 0.5) is 0 Å². The lowest BCUT2D eigenvalue weighted by Crippen LogP contribution is -2.29. The van der Waals surface area contributed by atoms with Crippen molar-refractivity contribution in [1.82, 2.24) is 0 Å². The summed E-state index contributed by atoms with van der Waals surface area (Å²) in [6.07, 6.45) is 4.52. The minimum Gasteiger partial charge on any atom is -0.475 e. The van der Waals surface area contributed by atoms with E-state index in [9.17, 15) is 4.79 Å². The Morgan fingerprint density at radius 1 is 1.29 bits per heavy atom. The molecule has 96 valence electrons. The van der Waals surface area contributed by atoms with Crippen LogP contribution in [0.25, 0.3) is 0 Å². The van der Waals surface area contributed by atoms with Gasteiger partial charge in [0, 0.05) is 5.92 Å². The maximum absolute atomic E-state index is 11.5. The SMILES string of the molecule is COC(=O)C1N=C(C2CCC(C)CC2)OC1C. The predicted octanol–water partition coefficient (Wildman–Crippen LogP) is 2.17. The van der Waals surface area contributed by atoms with E-state index in [2.05, 4.69) is 11.9 Å². The topological polar surface area (TPSA) is 47.9 Å². The van der Waals surface area contributed by atoms with Gasteiger partial charge in [-0.3, -0.25) is 0 Å². The highest BCUT2D eigenvalue weighted by Crippen LogP contribution is 2.32. The summed E-state index contributed by atoms with van der Waals surface area (Å²) < 4.78 is 10.5. The highest BCUT2D eigenvalue weighted by molar-refractivity contribution is 5.87. The van der Waals surface area contributed by atoms with Gasteiger partial charge in [0.15, 0.2) is 11.9 Å². The third-order valence-electron chi connectivity index (χ3n) is 3.83. The summed E-state index contributed by atoms with van der Waals surface area (Å²) in [4.78, 5) is 15.9. The summed E-state index contributed by atoms with van der Waals surface area (Å²) in [5.41, 5.74) is 0. The normalized spacial score (nSPS) is 37.2. The van der Waals surface area contributed by atoms with Crippen molar-refractivity contribution in [1.29, 1.82) is 0 Å². The summed E-state index contributed by atoms with van der Waals surface area (Å²) in [5.74, 6) is 1.70. The maximum Gasteiger partial charge on any atom is 0.334 e. The van der Waals surface area contributed by atoms with Crippen LogP contribution in [-0.4, -0.2) is 31.1 Å².